The van der Waals surface area contributed by atoms with E-state index in [9.17, 15) is 14.8 Å². The zero-order chi connectivity index (χ0) is 14.7. The Morgan fingerprint density at radius 3 is 2.65 bits per heavy atom. The minimum Gasteiger partial charge on any atom is -0.785 e. The number of carboxylic acids is 1. The number of hydroxylamine groups is 2. The molecule has 0 aliphatic carbocycles. The molecule has 0 bridgehead atoms. The van der Waals surface area contributed by atoms with Gasteiger partial charge in [0.1, 0.15) is 5.25 Å². The lowest BCUT2D eigenvalue weighted by Gasteiger charge is -2.54. The maximum atomic E-state index is 11.9. The van der Waals surface area contributed by atoms with Gasteiger partial charge in [0.2, 0.25) is 5.91 Å². The molecule has 0 aromatic heterocycles. The predicted octanol–water partition coefficient (Wildman–Crippen LogP) is 0.279. The number of amides is 1. The fraction of sp³-hybridized carbons (Fsp3) is 0.385. The highest BCUT2D eigenvalue weighted by Crippen LogP contribution is 2.23. The first kappa shape index (κ1) is 14.8. The summed E-state index contributed by atoms with van der Waals surface area (Å²) in [5.74, 6) is -1.40. The van der Waals surface area contributed by atoms with Crippen LogP contribution in [0.2, 0.25) is 0 Å². The fourth-order valence-electron chi connectivity index (χ4n) is 2.18. The quantitative estimate of drug-likeness (QED) is 0.679. The number of nitrogens with zero attached hydrogens (tertiary/aromatic N) is 1. The third kappa shape index (κ3) is 3.30. The standard InChI is InChI=1S/C13H15N2O4S/c16-10(6-8-4-2-1-3-5-8)14-9-7-15(19)11(9)12(20)13(17)18/h1-5,9,11-12,20H,6-7H2,(H,14,16)(H,17,18)/q-1/t9-,11-,12?/m1/s1. The van der Waals surface area contributed by atoms with Crippen LogP contribution in [0.15, 0.2) is 30.3 Å². The summed E-state index contributed by atoms with van der Waals surface area (Å²) >= 11 is 3.90. The van der Waals surface area contributed by atoms with Crippen LogP contribution in [0.3, 0.4) is 0 Å². The van der Waals surface area contributed by atoms with E-state index >= 15 is 0 Å². The Morgan fingerprint density at radius 1 is 1.45 bits per heavy atom. The number of benzene rings is 1. The van der Waals surface area contributed by atoms with Crippen LogP contribution < -0.4 is 5.32 Å². The molecule has 1 saturated heterocycles. The highest BCUT2D eigenvalue weighted by Gasteiger charge is 2.41. The minimum absolute atomic E-state index is 0.0928. The van der Waals surface area contributed by atoms with Crippen molar-refractivity contribution in [2.45, 2.75) is 23.8 Å². The molecule has 0 radical (unpaired) electrons. The van der Waals surface area contributed by atoms with Crippen LogP contribution >= 0.6 is 12.6 Å². The number of hydrogen-bond donors (Lipinski definition) is 3. The number of hydrogen-bond acceptors (Lipinski definition) is 5. The molecule has 2 N–H and O–H groups in total. The van der Waals surface area contributed by atoms with Crippen molar-refractivity contribution in [2.75, 3.05) is 6.54 Å². The van der Waals surface area contributed by atoms with Gasteiger partial charge in [0.25, 0.3) is 0 Å². The van der Waals surface area contributed by atoms with Crippen LogP contribution in [0.1, 0.15) is 5.56 Å². The van der Waals surface area contributed by atoms with Crippen molar-refractivity contribution >= 4 is 24.5 Å². The van der Waals surface area contributed by atoms with Crippen LogP contribution in [0.5, 0.6) is 0 Å². The predicted molar refractivity (Wildman–Crippen MR) is 76.3 cm³/mol. The molecule has 1 unspecified atom stereocenters. The summed E-state index contributed by atoms with van der Waals surface area (Å²) in [7, 11) is 0. The molecule has 2 rings (SSSR count). The van der Waals surface area contributed by atoms with Gasteiger partial charge in [0.05, 0.1) is 12.5 Å². The molecule has 1 aromatic rings. The molecule has 1 heterocycles. The third-order valence-corrected chi connectivity index (χ3v) is 3.78. The normalized spacial score (nSPS) is 23.7. The van der Waals surface area contributed by atoms with E-state index in [1.54, 1.807) is 0 Å². The van der Waals surface area contributed by atoms with Gasteiger partial charge in [-0.2, -0.15) is 12.6 Å². The average molecular weight is 295 g/mol. The SMILES string of the molecule is O=C(Cc1ccccc1)N[C@@H]1CN([O-])[C@H]1C(S)C(=O)O. The lowest BCUT2D eigenvalue weighted by Crippen LogP contribution is -2.68. The Kier molecular flexibility index (Phi) is 4.64. The molecular formula is C13H15N2O4S-. The van der Waals surface area contributed by atoms with Crippen LogP contribution in [-0.2, 0) is 16.0 Å². The van der Waals surface area contributed by atoms with E-state index in [4.69, 9.17) is 5.11 Å². The molecule has 1 aliphatic heterocycles. The molecule has 0 spiro atoms. The molecule has 0 saturated carbocycles. The van der Waals surface area contributed by atoms with Crippen molar-refractivity contribution in [3.05, 3.63) is 41.1 Å². The molecule has 1 aliphatic rings. The van der Waals surface area contributed by atoms with Gasteiger partial charge >= 0.3 is 5.97 Å². The first-order valence-corrected chi connectivity index (χ1v) is 6.68. The van der Waals surface area contributed by atoms with E-state index in [1.807, 2.05) is 30.3 Å². The third-order valence-electron chi connectivity index (χ3n) is 3.25. The monoisotopic (exact) mass is 295 g/mol. The molecule has 7 heteroatoms. The van der Waals surface area contributed by atoms with Crippen LogP contribution in [0.4, 0.5) is 0 Å². The summed E-state index contributed by atoms with van der Waals surface area (Å²) < 4.78 is 0. The number of thiol groups is 1. The fourth-order valence-corrected chi connectivity index (χ4v) is 2.54. The topological polar surface area (TPSA) is 92.7 Å². The minimum atomic E-state index is -1.17. The van der Waals surface area contributed by atoms with E-state index < -0.39 is 23.3 Å². The zero-order valence-corrected chi connectivity index (χ0v) is 11.5. The van der Waals surface area contributed by atoms with E-state index in [0.29, 0.717) is 5.06 Å². The van der Waals surface area contributed by atoms with Gasteiger partial charge in [-0.15, -0.1) is 0 Å². The van der Waals surface area contributed by atoms with Crippen molar-refractivity contribution < 1.29 is 14.7 Å². The van der Waals surface area contributed by atoms with Crippen molar-refractivity contribution in [2.24, 2.45) is 0 Å². The summed E-state index contributed by atoms with van der Waals surface area (Å²) in [6, 6.07) is 7.90. The lowest BCUT2D eigenvalue weighted by atomic mass is 9.95. The Morgan fingerprint density at radius 2 is 2.10 bits per heavy atom. The number of rotatable bonds is 5. The van der Waals surface area contributed by atoms with Gasteiger partial charge in [-0.25, -0.2) is 0 Å². The maximum absolute atomic E-state index is 11.9. The summed E-state index contributed by atoms with van der Waals surface area (Å²) in [6.45, 7) is 0.0928. The number of aliphatic carboxylic acids is 1. The molecule has 20 heavy (non-hydrogen) atoms. The van der Waals surface area contributed by atoms with Crippen LogP contribution in [0.25, 0.3) is 0 Å². The van der Waals surface area contributed by atoms with E-state index in [0.717, 1.165) is 5.56 Å². The number of carbonyl (C=O) groups excluding carboxylic acids is 1. The number of carbonyl (C=O) groups is 2. The highest BCUT2D eigenvalue weighted by molar-refractivity contribution is 7.81. The Bertz CT molecular complexity index is 496. The molecule has 1 aromatic carbocycles. The summed E-state index contributed by atoms with van der Waals surface area (Å²) in [5.41, 5.74) is 0.862. The molecule has 6 nitrogen and oxygen atoms in total. The molecule has 3 atom stereocenters. The van der Waals surface area contributed by atoms with Crippen molar-refractivity contribution in [1.82, 2.24) is 10.4 Å². The van der Waals surface area contributed by atoms with Gasteiger partial charge in [-0.1, -0.05) is 30.3 Å². The highest BCUT2D eigenvalue weighted by atomic mass is 32.1. The van der Waals surface area contributed by atoms with Gasteiger partial charge in [0.15, 0.2) is 0 Å². The largest absolute Gasteiger partial charge is 0.785 e. The van der Waals surface area contributed by atoms with E-state index in [1.165, 1.54) is 0 Å². The molecule has 1 fully saturated rings. The van der Waals surface area contributed by atoms with Crippen molar-refractivity contribution in [1.29, 1.82) is 0 Å². The van der Waals surface area contributed by atoms with Crippen LogP contribution in [-0.4, -0.2) is 45.9 Å². The molecule has 108 valence electrons. The van der Waals surface area contributed by atoms with Crippen molar-refractivity contribution in [3.63, 3.8) is 0 Å². The van der Waals surface area contributed by atoms with Gasteiger partial charge < -0.3 is 20.7 Å². The second-order valence-corrected chi connectivity index (χ2v) is 5.27. The van der Waals surface area contributed by atoms with Crippen molar-refractivity contribution in [3.8, 4) is 0 Å². The maximum Gasteiger partial charge on any atom is 0.318 e. The number of nitrogens with one attached hydrogen (secondary N) is 1. The lowest BCUT2D eigenvalue weighted by molar-refractivity contribution is -0.139. The Labute approximate surface area is 121 Å². The van der Waals surface area contributed by atoms with Crippen LogP contribution in [0, 0.1) is 5.21 Å². The van der Waals surface area contributed by atoms with E-state index in [-0.39, 0.29) is 18.9 Å². The summed E-state index contributed by atoms with van der Waals surface area (Å²) in [6.07, 6.45) is 0.202. The summed E-state index contributed by atoms with van der Waals surface area (Å²) in [4.78, 5) is 22.7. The smallest absolute Gasteiger partial charge is 0.318 e. The Balaban J connectivity index is 1.90. The number of carboxylic acid groups (broad SMARTS) is 1. The Hall–Kier alpha value is -1.57. The van der Waals surface area contributed by atoms with E-state index in [2.05, 4.69) is 17.9 Å². The second-order valence-electron chi connectivity index (χ2n) is 4.71. The summed E-state index contributed by atoms with van der Waals surface area (Å²) in [5, 5.41) is 22.5. The van der Waals surface area contributed by atoms with Gasteiger partial charge in [-0.05, 0) is 5.56 Å². The molecular weight excluding hydrogens is 280 g/mol. The average Bonchev–Trinajstić information content (AvgIpc) is 2.38. The zero-order valence-electron chi connectivity index (χ0n) is 10.6. The second kappa shape index (κ2) is 6.25. The van der Waals surface area contributed by atoms with Gasteiger partial charge in [-0.3, -0.25) is 9.59 Å². The molecule has 1 amide bonds. The van der Waals surface area contributed by atoms with Gasteiger partial charge in [0, 0.05) is 12.6 Å². The first-order chi connectivity index (χ1) is 9.49. The first-order valence-electron chi connectivity index (χ1n) is 6.17.